The quantitative estimate of drug-likeness (QED) is 0.750. The number of aldehydes is 1. The Labute approximate surface area is 80.9 Å². The predicted molar refractivity (Wildman–Crippen MR) is 52.7 cm³/mol. The maximum atomic E-state index is 10.8. The number of hydrogen-bond acceptors (Lipinski definition) is 3. The molecule has 0 atom stereocenters. The molecule has 0 spiro atoms. The number of aromatic nitrogens is 2. The zero-order chi connectivity index (χ0) is 9.97. The van der Waals surface area contributed by atoms with Crippen LogP contribution in [-0.4, -0.2) is 23.1 Å². The lowest BCUT2D eigenvalue weighted by Gasteiger charge is -2.05. The lowest BCUT2D eigenvalue weighted by molar-refractivity contribution is 0.112. The number of nitrogens with one attached hydrogen (secondary N) is 1. The van der Waals surface area contributed by atoms with Crippen LogP contribution >= 0.6 is 0 Å². The average molecular weight is 190 g/mol. The summed E-state index contributed by atoms with van der Waals surface area (Å²) in [6.45, 7) is 2.43. The van der Waals surface area contributed by atoms with E-state index in [2.05, 4.69) is 10.2 Å². The molecule has 0 unspecified atom stereocenters. The van der Waals surface area contributed by atoms with Crippen molar-refractivity contribution >= 4 is 17.2 Å². The molecule has 1 aromatic carbocycles. The van der Waals surface area contributed by atoms with Gasteiger partial charge in [0.05, 0.1) is 23.9 Å². The highest BCUT2D eigenvalue weighted by Gasteiger charge is 2.05. The van der Waals surface area contributed by atoms with Crippen molar-refractivity contribution in [1.29, 1.82) is 0 Å². The van der Waals surface area contributed by atoms with Gasteiger partial charge in [-0.15, -0.1) is 0 Å². The van der Waals surface area contributed by atoms with Gasteiger partial charge in [0.15, 0.2) is 6.29 Å². The molecule has 0 saturated heterocycles. The van der Waals surface area contributed by atoms with E-state index >= 15 is 0 Å². The molecule has 72 valence electrons. The van der Waals surface area contributed by atoms with Gasteiger partial charge >= 0.3 is 0 Å². The number of carbonyl (C=O) groups is 1. The molecule has 0 aliphatic heterocycles. The second-order valence-electron chi connectivity index (χ2n) is 2.90. The molecular formula is C10H10N2O2. The molecule has 0 fully saturated rings. The summed E-state index contributed by atoms with van der Waals surface area (Å²) >= 11 is 0. The first kappa shape index (κ1) is 8.74. The third-order valence-corrected chi connectivity index (χ3v) is 2.00. The molecule has 1 N–H and O–H groups in total. The molecule has 0 aliphatic carbocycles. The normalized spacial score (nSPS) is 10.4. The minimum Gasteiger partial charge on any atom is -0.493 e. The van der Waals surface area contributed by atoms with E-state index in [0.29, 0.717) is 17.9 Å². The number of ether oxygens (including phenoxy) is 1. The minimum absolute atomic E-state index is 0.545. The summed E-state index contributed by atoms with van der Waals surface area (Å²) in [6, 6.07) is 3.55. The SMILES string of the molecule is CCOc1cc2cn[nH]c2cc1C=O. The van der Waals surface area contributed by atoms with Crippen LogP contribution in [0.2, 0.25) is 0 Å². The summed E-state index contributed by atoms with van der Waals surface area (Å²) in [5.74, 6) is 0.608. The van der Waals surface area contributed by atoms with Crippen LogP contribution in [0.5, 0.6) is 5.75 Å². The maximum absolute atomic E-state index is 10.8. The molecule has 0 saturated carbocycles. The van der Waals surface area contributed by atoms with Crippen molar-refractivity contribution in [3.63, 3.8) is 0 Å². The summed E-state index contributed by atoms with van der Waals surface area (Å²) in [4.78, 5) is 10.8. The highest BCUT2D eigenvalue weighted by Crippen LogP contribution is 2.23. The predicted octanol–water partition coefficient (Wildman–Crippen LogP) is 1.77. The Morgan fingerprint density at radius 1 is 1.57 bits per heavy atom. The molecule has 14 heavy (non-hydrogen) atoms. The molecule has 4 nitrogen and oxygen atoms in total. The zero-order valence-electron chi connectivity index (χ0n) is 7.78. The number of fused-ring (bicyclic) bond motifs is 1. The summed E-state index contributed by atoms with van der Waals surface area (Å²) in [6.07, 6.45) is 2.48. The molecule has 0 bridgehead atoms. The third-order valence-electron chi connectivity index (χ3n) is 2.00. The minimum atomic E-state index is 0.545. The Balaban J connectivity index is 2.60. The third kappa shape index (κ3) is 1.35. The van der Waals surface area contributed by atoms with Crippen molar-refractivity contribution in [2.24, 2.45) is 0 Å². The summed E-state index contributed by atoms with van der Waals surface area (Å²) < 4.78 is 5.33. The van der Waals surface area contributed by atoms with Crippen LogP contribution in [0.25, 0.3) is 10.9 Å². The number of carbonyl (C=O) groups excluding carboxylic acids is 1. The van der Waals surface area contributed by atoms with Crippen LogP contribution in [0.4, 0.5) is 0 Å². The van der Waals surface area contributed by atoms with Gasteiger partial charge in [0, 0.05) is 5.39 Å². The van der Waals surface area contributed by atoms with Gasteiger partial charge in [0.2, 0.25) is 0 Å². The largest absolute Gasteiger partial charge is 0.493 e. The number of nitrogens with zero attached hydrogens (tertiary/aromatic N) is 1. The number of H-pyrrole nitrogens is 1. The van der Waals surface area contributed by atoms with Crippen molar-refractivity contribution < 1.29 is 9.53 Å². The monoisotopic (exact) mass is 190 g/mol. The van der Waals surface area contributed by atoms with Gasteiger partial charge in [-0.05, 0) is 19.1 Å². The van der Waals surface area contributed by atoms with E-state index in [1.807, 2.05) is 13.0 Å². The van der Waals surface area contributed by atoms with E-state index < -0.39 is 0 Å². The van der Waals surface area contributed by atoms with E-state index in [9.17, 15) is 4.79 Å². The molecule has 0 radical (unpaired) electrons. The molecule has 2 rings (SSSR count). The fourth-order valence-electron chi connectivity index (χ4n) is 1.36. The first-order valence-corrected chi connectivity index (χ1v) is 4.40. The Kier molecular flexibility index (Phi) is 2.18. The zero-order valence-corrected chi connectivity index (χ0v) is 7.78. The molecule has 0 amide bonds. The van der Waals surface area contributed by atoms with E-state index in [1.165, 1.54) is 0 Å². The smallest absolute Gasteiger partial charge is 0.153 e. The number of aromatic amines is 1. The van der Waals surface area contributed by atoms with Gasteiger partial charge in [0.1, 0.15) is 5.75 Å². The van der Waals surface area contributed by atoms with E-state index in [4.69, 9.17) is 4.74 Å². The molecule has 2 aromatic rings. The fourth-order valence-corrected chi connectivity index (χ4v) is 1.36. The molecule has 0 aliphatic rings. The topological polar surface area (TPSA) is 55.0 Å². The van der Waals surface area contributed by atoms with Crippen LogP contribution in [0.3, 0.4) is 0 Å². The number of benzene rings is 1. The Morgan fingerprint density at radius 2 is 2.43 bits per heavy atom. The van der Waals surface area contributed by atoms with Crippen molar-refractivity contribution in [3.05, 3.63) is 23.9 Å². The number of hydrogen-bond donors (Lipinski definition) is 1. The van der Waals surface area contributed by atoms with Gasteiger partial charge < -0.3 is 4.74 Å². The second kappa shape index (κ2) is 3.49. The summed E-state index contributed by atoms with van der Waals surface area (Å²) in [7, 11) is 0. The summed E-state index contributed by atoms with van der Waals surface area (Å²) in [5, 5.41) is 7.62. The van der Waals surface area contributed by atoms with E-state index in [0.717, 1.165) is 17.2 Å². The highest BCUT2D eigenvalue weighted by atomic mass is 16.5. The first-order valence-electron chi connectivity index (χ1n) is 4.40. The Morgan fingerprint density at radius 3 is 3.14 bits per heavy atom. The average Bonchev–Trinajstić information content (AvgIpc) is 2.64. The van der Waals surface area contributed by atoms with Crippen LogP contribution in [-0.2, 0) is 0 Å². The van der Waals surface area contributed by atoms with Crippen molar-refractivity contribution in [2.45, 2.75) is 6.92 Å². The van der Waals surface area contributed by atoms with Crippen molar-refractivity contribution in [3.8, 4) is 5.75 Å². The van der Waals surface area contributed by atoms with Crippen molar-refractivity contribution in [1.82, 2.24) is 10.2 Å². The van der Waals surface area contributed by atoms with Crippen LogP contribution in [0.15, 0.2) is 18.3 Å². The van der Waals surface area contributed by atoms with Gasteiger partial charge in [-0.25, -0.2) is 0 Å². The number of rotatable bonds is 3. The highest BCUT2D eigenvalue weighted by molar-refractivity contribution is 5.89. The van der Waals surface area contributed by atoms with E-state index in [1.54, 1.807) is 12.3 Å². The van der Waals surface area contributed by atoms with Crippen molar-refractivity contribution in [2.75, 3.05) is 6.61 Å². The van der Waals surface area contributed by atoms with Crippen LogP contribution < -0.4 is 4.74 Å². The van der Waals surface area contributed by atoms with E-state index in [-0.39, 0.29) is 0 Å². The Bertz CT molecular complexity index is 462. The first-order chi connectivity index (χ1) is 6.85. The van der Waals surface area contributed by atoms with Crippen LogP contribution in [0, 0.1) is 0 Å². The van der Waals surface area contributed by atoms with Gasteiger partial charge in [-0.2, -0.15) is 5.10 Å². The molecule has 1 heterocycles. The fraction of sp³-hybridized carbons (Fsp3) is 0.200. The summed E-state index contributed by atoms with van der Waals surface area (Å²) in [5.41, 5.74) is 1.39. The lowest BCUT2D eigenvalue weighted by Crippen LogP contribution is -1.95. The maximum Gasteiger partial charge on any atom is 0.153 e. The standard InChI is InChI=1S/C10H10N2O2/c1-2-14-10-4-7-5-11-12-9(7)3-8(10)6-13/h3-6H,2H2,1H3,(H,11,12). The lowest BCUT2D eigenvalue weighted by atomic mass is 10.1. The molecule has 4 heteroatoms. The van der Waals surface area contributed by atoms with Gasteiger partial charge in [-0.3, -0.25) is 9.89 Å². The van der Waals surface area contributed by atoms with Gasteiger partial charge in [-0.1, -0.05) is 0 Å². The molecular weight excluding hydrogens is 180 g/mol. The Hall–Kier alpha value is -1.84. The van der Waals surface area contributed by atoms with Gasteiger partial charge in [0.25, 0.3) is 0 Å². The second-order valence-corrected chi connectivity index (χ2v) is 2.90. The van der Waals surface area contributed by atoms with Crippen LogP contribution in [0.1, 0.15) is 17.3 Å². The molecule has 1 aromatic heterocycles.